The van der Waals surface area contributed by atoms with Crippen LogP contribution in [0.4, 0.5) is 0 Å². The first-order valence-corrected chi connectivity index (χ1v) is 6.81. The van der Waals surface area contributed by atoms with E-state index in [4.69, 9.17) is 5.11 Å². The van der Waals surface area contributed by atoms with Crippen molar-refractivity contribution < 1.29 is 9.90 Å². The lowest BCUT2D eigenvalue weighted by atomic mass is 10.2. The standard InChI is InChI=1S/C10H10N4O2S2/c1-5(2)8-11-3-6(7(13-8)9(15)16)18-10-14-12-4-17-10/h3-5H,1-2H3,(H,15,16). The van der Waals surface area contributed by atoms with Gasteiger partial charge in [0.25, 0.3) is 0 Å². The van der Waals surface area contributed by atoms with Crippen molar-refractivity contribution in [3.8, 4) is 0 Å². The average molecular weight is 282 g/mol. The summed E-state index contributed by atoms with van der Waals surface area (Å²) in [7, 11) is 0. The zero-order valence-electron chi connectivity index (χ0n) is 9.69. The van der Waals surface area contributed by atoms with Gasteiger partial charge in [-0.2, -0.15) is 0 Å². The van der Waals surface area contributed by atoms with Crippen molar-refractivity contribution in [2.75, 3.05) is 0 Å². The highest BCUT2D eigenvalue weighted by Crippen LogP contribution is 2.30. The van der Waals surface area contributed by atoms with Gasteiger partial charge in [0.2, 0.25) is 0 Å². The smallest absolute Gasteiger partial charge is 0.355 e. The summed E-state index contributed by atoms with van der Waals surface area (Å²) in [6.07, 6.45) is 1.53. The number of rotatable bonds is 4. The van der Waals surface area contributed by atoms with E-state index in [1.807, 2.05) is 13.8 Å². The molecule has 6 nitrogen and oxygen atoms in total. The SMILES string of the molecule is CC(C)c1ncc(Sc2nncs2)c(C(=O)O)n1. The van der Waals surface area contributed by atoms with Crippen LogP contribution in [0.15, 0.2) is 20.9 Å². The highest BCUT2D eigenvalue weighted by Gasteiger charge is 2.17. The van der Waals surface area contributed by atoms with Gasteiger partial charge < -0.3 is 5.11 Å². The second-order valence-electron chi connectivity index (χ2n) is 3.71. The second kappa shape index (κ2) is 5.40. The Kier molecular flexibility index (Phi) is 3.87. The van der Waals surface area contributed by atoms with Crippen molar-refractivity contribution in [3.05, 3.63) is 23.2 Å². The summed E-state index contributed by atoms with van der Waals surface area (Å²) in [5, 5.41) is 16.7. The normalized spacial score (nSPS) is 10.8. The van der Waals surface area contributed by atoms with Gasteiger partial charge in [0.05, 0.1) is 4.90 Å². The molecule has 0 saturated carbocycles. The van der Waals surface area contributed by atoms with Crippen molar-refractivity contribution >= 4 is 29.1 Å². The highest BCUT2D eigenvalue weighted by atomic mass is 32.2. The Labute approximate surface area is 112 Å². The van der Waals surface area contributed by atoms with E-state index in [9.17, 15) is 4.79 Å². The maximum absolute atomic E-state index is 11.2. The summed E-state index contributed by atoms with van der Waals surface area (Å²) < 4.78 is 0.665. The largest absolute Gasteiger partial charge is 0.476 e. The fourth-order valence-corrected chi connectivity index (χ4v) is 2.67. The molecule has 0 aliphatic heterocycles. The minimum atomic E-state index is -1.06. The Bertz CT molecular complexity index is 557. The van der Waals surface area contributed by atoms with Gasteiger partial charge in [0.15, 0.2) is 10.0 Å². The summed E-state index contributed by atoms with van der Waals surface area (Å²) in [5.41, 5.74) is 1.60. The first-order valence-electron chi connectivity index (χ1n) is 5.12. The molecule has 0 aliphatic carbocycles. The maximum atomic E-state index is 11.2. The Morgan fingerprint density at radius 1 is 1.50 bits per heavy atom. The van der Waals surface area contributed by atoms with E-state index < -0.39 is 5.97 Å². The molecule has 94 valence electrons. The molecule has 0 spiro atoms. The Balaban J connectivity index is 2.37. The number of hydrogen-bond acceptors (Lipinski definition) is 7. The van der Waals surface area contributed by atoms with Gasteiger partial charge in [-0.25, -0.2) is 14.8 Å². The lowest BCUT2D eigenvalue weighted by Gasteiger charge is -2.07. The van der Waals surface area contributed by atoms with E-state index in [0.717, 1.165) is 0 Å². The van der Waals surface area contributed by atoms with Crippen LogP contribution < -0.4 is 0 Å². The number of carboxylic acid groups (broad SMARTS) is 1. The van der Waals surface area contributed by atoms with E-state index in [2.05, 4.69) is 20.2 Å². The molecule has 8 heteroatoms. The van der Waals surface area contributed by atoms with Crippen molar-refractivity contribution in [1.82, 2.24) is 20.2 Å². The van der Waals surface area contributed by atoms with Crippen LogP contribution in [-0.4, -0.2) is 31.2 Å². The van der Waals surface area contributed by atoms with Crippen LogP contribution in [0.2, 0.25) is 0 Å². The topological polar surface area (TPSA) is 88.9 Å². The summed E-state index contributed by atoms with van der Waals surface area (Å²) >= 11 is 2.55. The number of nitrogens with zero attached hydrogens (tertiary/aromatic N) is 4. The van der Waals surface area contributed by atoms with Gasteiger partial charge in [-0.15, -0.1) is 10.2 Å². The van der Waals surface area contributed by atoms with Crippen LogP contribution in [0.1, 0.15) is 36.1 Å². The molecule has 0 unspecified atom stereocenters. The minimum Gasteiger partial charge on any atom is -0.476 e. The van der Waals surface area contributed by atoms with E-state index in [-0.39, 0.29) is 11.6 Å². The number of hydrogen-bond donors (Lipinski definition) is 1. The van der Waals surface area contributed by atoms with Crippen LogP contribution in [0.3, 0.4) is 0 Å². The van der Waals surface area contributed by atoms with Gasteiger partial charge in [0.1, 0.15) is 11.3 Å². The van der Waals surface area contributed by atoms with Crippen LogP contribution in [-0.2, 0) is 0 Å². The molecular formula is C10H10N4O2S2. The zero-order valence-corrected chi connectivity index (χ0v) is 11.3. The van der Waals surface area contributed by atoms with Gasteiger partial charge in [-0.3, -0.25) is 0 Å². The van der Waals surface area contributed by atoms with E-state index in [1.54, 1.807) is 5.51 Å². The molecule has 0 radical (unpaired) electrons. The first kappa shape index (κ1) is 12.9. The quantitative estimate of drug-likeness (QED) is 0.920. The van der Waals surface area contributed by atoms with Gasteiger partial charge in [-0.05, 0) is 0 Å². The molecule has 0 amide bonds. The van der Waals surface area contributed by atoms with Crippen molar-refractivity contribution in [2.45, 2.75) is 29.0 Å². The number of aromatic carboxylic acids is 1. The molecule has 2 heterocycles. The van der Waals surface area contributed by atoms with Crippen molar-refractivity contribution in [3.63, 3.8) is 0 Å². The molecular weight excluding hydrogens is 272 g/mol. The minimum absolute atomic E-state index is 0.00824. The molecule has 0 aromatic carbocycles. The molecule has 18 heavy (non-hydrogen) atoms. The van der Waals surface area contributed by atoms with E-state index >= 15 is 0 Å². The van der Waals surface area contributed by atoms with Crippen molar-refractivity contribution in [2.24, 2.45) is 0 Å². The summed E-state index contributed by atoms with van der Waals surface area (Å²) in [5.74, 6) is -0.455. The molecule has 2 aromatic heterocycles. The van der Waals surface area contributed by atoms with E-state index in [0.29, 0.717) is 15.1 Å². The fraction of sp³-hybridized carbons (Fsp3) is 0.300. The first-order chi connectivity index (χ1) is 8.58. The fourth-order valence-electron chi connectivity index (χ4n) is 1.19. The predicted octanol–water partition coefficient (Wildman–Crippen LogP) is 2.30. The number of carbonyl (C=O) groups is 1. The summed E-state index contributed by atoms with van der Waals surface area (Å²) in [6, 6.07) is 0. The Morgan fingerprint density at radius 3 is 2.83 bits per heavy atom. The van der Waals surface area contributed by atoms with Crippen LogP contribution in [0, 0.1) is 0 Å². The van der Waals surface area contributed by atoms with Gasteiger partial charge >= 0.3 is 5.97 Å². The van der Waals surface area contributed by atoms with Crippen LogP contribution >= 0.6 is 23.1 Å². The monoisotopic (exact) mass is 282 g/mol. The predicted molar refractivity (Wildman–Crippen MR) is 67.1 cm³/mol. The molecule has 1 N–H and O–H groups in total. The second-order valence-corrected chi connectivity index (χ2v) is 5.83. The van der Waals surface area contributed by atoms with E-state index in [1.165, 1.54) is 29.3 Å². The third kappa shape index (κ3) is 2.82. The Morgan fingerprint density at radius 2 is 2.28 bits per heavy atom. The average Bonchev–Trinajstić information content (AvgIpc) is 2.81. The lowest BCUT2D eigenvalue weighted by Crippen LogP contribution is -2.08. The third-order valence-corrected chi connectivity index (χ3v) is 3.83. The van der Waals surface area contributed by atoms with Crippen LogP contribution in [0.25, 0.3) is 0 Å². The zero-order chi connectivity index (χ0) is 13.1. The summed E-state index contributed by atoms with van der Waals surface area (Å²) in [4.78, 5) is 19.9. The van der Waals surface area contributed by atoms with Gasteiger partial charge in [0, 0.05) is 12.1 Å². The number of carboxylic acids is 1. The Hall–Kier alpha value is -1.54. The number of aromatic nitrogens is 4. The van der Waals surface area contributed by atoms with Gasteiger partial charge in [-0.1, -0.05) is 36.9 Å². The molecule has 0 atom stereocenters. The maximum Gasteiger partial charge on any atom is 0.355 e. The molecule has 0 aliphatic rings. The third-order valence-electron chi connectivity index (χ3n) is 2.03. The lowest BCUT2D eigenvalue weighted by molar-refractivity contribution is 0.0685. The molecule has 0 saturated heterocycles. The molecule has 0 fully saturated rings. The van der Waals surface area contributed by atoms with Crippen molar-refractivity contribution in [1.29, 1.82) is 0 Å². The summed E-state index contributed by atoms with van der Waals surface area (Å²) in [6.45, 7) is 3.83. The molecule has 2 aromatic rings. The molecule has 0 bridgehead atoms. The highest BCUT2D eigenvalue weighted by molar-refractivity contribution is 8.01. The van der Waals surface area contributed by atoms with Crippen LogP contribution in [0.5, 0.6) is 0 Å². The molecule has 2 rings (SSSR count).